The predicted octanol–water partition coefficient (Wildman–Crippen LogP) is 5.41. The van der Waals surface area contributed by atoms with E-state index in [1.807, 2.05) is 30.7 Å². The predicted molar refractivity (Wildman–Crippen MR) is 107 cm³/mol. The van der Waals surface area contributed by atoms with Gasteiger partial charge < -0.3 is 4.52 Å². The zero-order valence-corrected chi connectivity index (χ0v) is 18.2. The van der Waals surface area contributed by atoms with Crippen molar-refractivity contribution in [2.45, 2.75) is 26.9 Å². The minimum Gasteiger partial charge on any atom is -0.300 e. The highest BCUT2D eigenvalue weighted by atomic mass is 35.5. The summed E-state index contributed by atoms with van der Waals surface area (Å²) >= 11 is 19.4. The van der Waals surface area contributed by atoms with E-state index in [-0.39, 0.29) is 0 Å². The van der Waals surface area contributed by atoms with E-state index in [1.165, 1.54) is 4.88 Å². The molecule has 0 fully saturated rings. The fraction of sp³-hybridized carbons (Fsp3) is 0.733. The molecule has 1 atom stereocenters. The van der Waals surface area contributed by atoms with Crippen LogP contribution in [0.25, 0.3) is 0 Å². The monoisotopic (exact) mass is 434 g/mol. The molecule has 24 heavy (non-hydrogen) atoms. The maximum absolute atomic E-state index is 13.8. The SMILES string of the molecule is CCCN(CCCl)P(=O)(OCc1ccc(C)s1)N(CCCl)CCCl. The quantitative estimate of drug-likeness (QED) is 0.306. The normalized spacial score (nSPS) is 14.5. The Morgan fingerprint density at radius 2 is 1.58 bits per heavy atom. The van der Waals surface area contributed by atoms with Gasteiger partial charge in [0.2, 0.25) is 0 Å². The van der Waals surface area contributed by atoms with Crippen LogP contribution in [0.5, 0.6) is 0 Å². The number of alkyl halides is 3. The molecule has 140 valence electrons. The topological polar surface area (TPSA) is 32.8 Å². The van der Waals surface area contributed by atoms with E-state index >= 15 is 0 Å². The van der Waals surface area contributed by atoms with Gasteiger partial charge in [-0.2, -0.15) is 0 Å². The first-order valence-electron chi connectivity index (χ1n) is 8.00. The summed E-state index contributed by atoms with van der Waals surface area (Å²) in [6.45, 7) is 6.44. The molecule has 1 unspecified atom stereocenters. The first-order valence-corrected chi connectivity index (χ1v) is 12.0. The van der Waals surface area contributed by atoms with Gasteiger partial charge in [-0.15, -0.1) is 46.1 Å². The van der Waals surface area contributed by atoms with Crippen LogP contribution in [-0.4, -0.2) is 53.2 Å². The van der Waals surface area contributed by atoms with Crippen LogP contribution >= 0.6 is 53.8 Å². The zero-order chi connectivity index (χ0) is 18.0. The maximum Gasteiger partial charge on any atom is 0.346 e. The van der Waals surface area contributed by atoms with E-state index in [0.29, 0.717) is 50.4 Å². The Bertz CT molecular complexity index is 487. The standard InChI is InChI=1S/C15H26Cl3N2O2PS/c1-3-9-19(10-6-16)23(21,20(11-7-17)12-8-18)22-13-15-5-4-14(2)24-15/h4-5H,3,6-13H2,1-2H3. The molecule has 0 aliphatic heterocycles. The molecule has 0 amide bonds. The van der Waals surface area contributed by atoms with Gasteiger partial charge in [0, 0.05) is 53.6 Å². The van der Waals surface area contributed by atoms with Crippen molar-refractivity contribution in [2.75, 3.05) is 43.8 Å². The van der Waals surface area contributed by atoms with Crippen LogP contribution < -0.4 is 0 Å². The molecule has 0 bridgehead atoms. The van der Waals surface area contributed by atoms with Crippen molar-refractivity contribution in [3.8, 4) is 0 Å². The minimum atomic E-state index is -3.24. The molecule has 4 nitrogen and oxygen atoms in total. The first-order chi connectivity index (χ1) is 11.5. The van der Waals surface area contributed by atoms with Gasteiger partial charge in [0.25, 0.3) is 0 Å². The molecule has 1 aromatic heterocycles. The van der Waals surface area contributed by atoms with Crippen molar-refractivity contribution in [3.05, 3.63) is 21.9 Å². The number of rotatable bonds is 13. The second-order valence-corrected chi connectivity index (χ2v) is 10.1. The van der Waals surface area contributed by atoms with Crippen LogP contribution in [0.2, 0.25) is 0 Å². The molecule has 0 aliphatic carbocycles. The Morgan fingerprint density at radius 3 is 2.00 bits per heavy atom. The number of hydrogen-bond acceptors (Lipinski definition) is 3. The molecular formula is C15H26Cl3N2O2PS. The average molecular weight is 436 g/mol. The molecule has 1 heterocycles. The van der Waals surface area contributed by atoms with Gasteiger partial charge in [-0.1, -0.05) is 6.92 Å². The summed E-state index contributed by atoms with van der Waals surface area (Å²) in [5, 5.41) is 0. The van der Waals surface area contributed by atoms with Crippen molar-refractivity contribution < 1.29 is 9.09 Å². The van der Waals surface area contributed by atoms with Crippen molar-refractivity contribution in [1.82, 2.24) is 9.34 Å². The minimum absolute atomic E-state index is 0.305. The number of aryl methyl sites for hydroxylation is 1. The second kappa shape index (κ2) is 12.1. The summed E-state index contributed by atoms with van der Waals surface area (Å²) in [6, 6.07) is 4.04. The van der Waals surface area contributed by atoms with Crippen LogP contribution in [0.1, 0.15) is 23.1 Å². The smallest absolute Gasteiger partial charge is 0.300 e. The van der Waals surface area contributed by atoms with E-state index in [1.54, 1.807) is 16.0 Å². The Balaban J connectivity index is 3.03. The summed E-state index contributed by atoms with van der Waals surface area (Å²) < 4.78 is 23.4. The molecule has 0 aliphatic rings. The molecule has 9 heteroatoms. The number of nitrogens with zero attached hydrogens (tertiary/aromatic N) is 2. The van der Waals surface area contributed by atoms with E-state index < -0.39 is 7.67 Å². The molecule has 0 saturated carbocycles. The van der Waals surface area contributed by atoms with Crippen molar-refractivity contribution in [2.24, 2.45) is 0 Å². The summed E-state index contributed by atoms with van der Waals surface area (Å²) in [5.74, 6) is 1.12. The molecule has 0 N–H and O–H groups in total. The number of hydrogen-bond donors (Lipinski definition) is 0. The van der Waals surface area contributed by atoms with E-state index in [9.17, 15) is 4.57 Å². The highest BCUT2D eigenvalue weighted by Crippen LogP contribution is 2.55. The van der Waals surface area contributed by atoms with Crippen LogP contribution in [0.4, 0.5) is 0 Å². The van der Waals surface area contributed by atoms with Crippen molar-refractivity contribution in [3.63, 3.8) is 0 Å². The molecule has 0 aromatic carbocycles. The number of thiophene rings is 1. The molecule has 0 radical (unpaired) electrons. The van der Waals surface area contributed by atoms with E-state index in [0.717, 1.165) is 11.3 Å². The van der Waals surface area contributed by atoms with Gasteiger partial charge in [0.05, 0.1) is 6.61 Å². The van der Waals surface area contributed by atoms with Crippen LogP contribution in [0.3, 0.4) is 0 Å². The Kier molecular flexibility index (Phi) is 11.5. The van der Waals surface area contributed by atoms with Crippen molar-refractivity contribution in [1.29, 1.82) is 0 Å². The zero-order valence-electron chi connectivity index (χ0n) is 14.2. The van der Waals surface area contributed by atoms with Gasteiger partial charge in [0.15, 0.2) is 0 Å². The average Bonchev–Trinajstić information content (AvgIpc) is 2.98. The fourth-order valence-corrected chi connectivity index (χ4v) is 6.69. The first kappa shape index (κ1) is 22.7. The Labute approximate surface area is 164 Å². The summed E-state index contributed by atoms with van der Waals surface area (Å²) in [5.41, 5.74) is 0. The van der Waals surface area contributed by atoms with Gasteiger partial charge in [0.1, 0.15) is 0 Å². The molecule has 0 spiro atoms. The fourth-order valence-electron chi connectivity index (χ4n) is 2.33. The lowest BCUT2D eigenvalue weighted by atomic mass is 10.4. The Hall–Kier alpha value is 0.680. The second-order valence-electron chi connectivity index (χ2n) is 5.25. The third kappa shape index (κ3) is 6.77. The number of halogens is 3. The highest BCUT2D eigenvalue weighted by molar-refractivity contribution is 7.54. The molecule has 1 rings (SSSR count). The third-order valence-electron chi connectivity index (χ3n) is 3.40. The Morgan fingerprint density at radius 1 is 1.04 bits per heavy atom. The highest BCUT2D eigenvalue weighted by Gasteiger charge is 2.37. The lowest BCUT2D eigenvalue weighted by molar-refractivity contribution is 0.206. The molecular weight excluding hydrogens is 410 g/mol. The summed E-state index contributed by atoms with van der Waals surface area (Å²) in [7, 11) is -3.24. The summed E-state index contributed by atoms with van der Waals surface area (Å²) in [4.78, 5) is 2.25. The van der Waals surface area contributed by atoms with Gasteiger partial charge in [-0.25, -0.2) is 9.34 Å². The lowest BCUT2D eigenvalue weighted by Crippen LogP contribution is -2.36. The van der Waals surface area contributed by atoms with Gasteiger partial charge in [-0.3, -0.25) is 4.57 Å². The van der Waals surface area contributed by atoms with Crippen LogP contribution in [0, 0.1) is 6.92 Å². The van der Waals surface area contributed by atoms with Gasteiger partial charge >= 0.3 is 7.67 Å². The largest absolute Gasteiger partial charge is 0.346 e. The lowest BCUT2D eigenvalue weighted by Gasteiger charge is -2.37. The maximum atomic E-state index is 13.8. The summed E-state index contributed by atoms with van der Waals surface area (Å²) in [6.07, 6.45) is 0.859. The molecule has 0 saturated heterocycles. The third-order valence-corrected chi connectivity index (χ3v) is 7.57. The molecule has 1 aromatic rings. The van der Waals surface area contributed by atoms with Crippen LogP contribution in [0.15, 0.2) is 12.1 Å². The van der Waals surface area contributed by atoms with Crippen molar-refractivity contribution >= 4 is 53.8 Å². The van der Waals surface area contributed by atoms with Crippen LogP contribution in [-0.2, 0) is 15.7 Å². The van der Waals surface area contributed by atoms with Gasteiger partial charge in [-0.05, 0) is 25.5 Å². The van der Waals surface area contributed by atoms with E-state index in [2.05, 4.69) is 0 Å². The van der Waals surface area contributed by atoms with E-state index in [4.69, 9.17) is 39.3 Å².